The predicted molar refractivity (Wildman–Crippen MR) is 149 cm³/mol. The Morgan fingerprint density at radius 3 is 2.52 bits per heavy atom. The number of allylic oxidation sites excluding steroid dienone is 4. The number of nitrogens with one attached hydrogen (secondary N) is 1. The van der Waals surface area contributed by atoms with Crippen LogP contribution >= 0.6 is 11.6 Å². The van der Waals surface area contributed by atoms with Gasteiger partial charge in [-0.1, -0.05) is 39.3 Å². The van der Waals surface area contributed by atoms with Gasteiger partial charge in [-0.05, 0) is 63.5 Å². The number of carbonyl (C=O) groups is 3. The fraction of sp³-hybridized carbons (Fsp3) is 0.774. The first-order valence-electron chi connectivity index (χ1n) is 14.6. The SMILES string of the molecule is CCC(=O)OCC1([C@@]2(OC(C)=O)[C@@H](C)CC3C4CCC5=CC(=O)C=C[C@]5(C)[C@@]4(Cl)[C@@H](O)C[C@@]32C)NC(C)(C)CO1. The van der Waals surface area contributed by atoms with Crippen molar-refractivity contribution in [2.45, 2.75) is 108 Å². The number of alkyl halides is 1. The summed E-state index contributed by atoms with van der Waals surface area (Å²) in [6.07, 6.45) is 6.67. The van der Waals surface area contributed by atoms with E-state index in [1.165, 1.54) is 6.92 Å². The number of carbonyl (C=O) groups excluding carboxylic acids is 3. The number of fused-ring (bicyclic) bond motifs is 5. The van der Waals surface area contributed by atoms with Crippen molar-refractivity contribution in [1.82, 2.24) is 5.32 Å². The van der Waals surface area contributed by atoms with Crippen LogP contribution in [0.4, 0.5) is 0 Å². The molecule has 0 aromatic heterocycles. The molecule has 5 rings (SSSR count). The molecule has 0 amide bonds. The van der Waals surface area contributed by atoms with Gasteiger partial charge in [-0.15, -0.1) is 11.6 Å². The molecule has 1 saturated heterocycles. The van der Waals surface area contributed by atoms with E-state index in [4.69, 9.17) is 25.8 Å². The maximum absolute atomic E-state index is 13.0. The maximum atomic E-state index is 13.0. The molecule has 0 bridgehead atoms. The molecule has 2 N–H and O–H groups in total. The second kappa shape index (κ2) is 9.38. The molecule has 9 atom stereocenters. The Morgan fingerprint density at radius 1 is 1.23 bits per heavy atom. The van der Waals surface area contributed by atoms with E-state index in [0.717, 1.165) is 5.57 Å². The highest BCUT2D eigenvalue weighted by molar-refractivity contribution is 6.26. The number of rotatable bonds is 5. The fourth-order valence-electron chi connectivity index (χ4n) is 9.51. The van der Waals surface area contributed by atoms with Crippen LogP contribution in [0.1, 0.15) is 80.6 Å². The Morgan fingerprint density at radius 2 is 1.93 bits per heavy atom. The molecule has 0 spiro atoms. The van der Waals surface area contributed by atoms with Crippen molar-refractivity contribution < 1.29 is 33.7 Å². The topological polar surface area (TPSA) is 111 Å². The van der Waals surface area contributed by atoms with Crippen molar-refractivity contribution in [3.05, 3.63) is 23.8 Å². The highest BCUT2D eigenvalue weighted by atomic mass is 35.5. The van der Waals surface area contributed by atoms with Crippen LogP contribution in [0.2, 0.25) is 0 Å². The standard InChI is InChI=1S/C31H44ClNO7/c1-8-25(37)38-17-29(33-26(4,5)16-39-29)31(40-19(3)34)18(2)13-23-22-10-9-20-14-21(35)11-12-27(20,6)30(22,32)24(36)15-28(23,31)7/h11-12,14,18,22-24,33,36H,8-10,13,15-17H2,1-7H3/t18-,22?,23?,24-,27-,28-,29?,30-,31+/m0/s1. The molecule has 0 aromatic rings. The Hall–Kier alpha value is -1.74. The number of aliphatic hydroxyl groups is 1. The zero-order chi connectivity index (χ0) is 29.5. The molecule has 222 valence electrons. The molecule has 0 aromatic carbocycles. The third-order valence-corrected chi connectivity index (χ3v) is 12.0. The first kappa shape index (κ1) is 29.7. The van der Waals surface area contributed by atoms with Crippen LogP contribution in [-0.4, -0.2) is 63.9 Å². The molecule has 0 radical (unpaired) electrons. The molecule has 1 aliphatic heterocycles. The zero-order valence-electron chi connectivity index (χ0n) is 24.8. The lowest BCUT2D eigenvalue weighted by Gasteiger charge is -2.65. The fourth-order valence-corrected chi connectivity index (χ4v) is 10.0. The van der Waals surface area contributed by atoms with Crippen molar-refractivity contribution in [1.29, 1.82) is 0 Å². The third-order valence-electron chi connectivity index (χ3n) is 11.0. The third kappa shape index (κ3) is 3.78. The minimum atomic E-state index is -1.33. The van der Waals surface area contributed by atoms with Gasteiger partial charge in [0.15, 0.2) is 17.1 Å². The van der Waals surface area contributed by atoms with E-state index < -0.39 is 44.6 Å². The minimum absolute atomic E-state index is 0.0417. The monoisotopic (exact) mass is 577 g/mol. The van der Waals surface area contributed by atoms with Crippen molar-refractivity contribution in [2.75, 3.05) is 13.2 Å². The summed E-state index contributed by atoms with van der Waals surface area (Å²) in [6.45, 7) is 13.5. The number of aliphatic hydroxyl groups excluding tert-OH is 1. The largest absolute Gasteiger partial charge is 0.461 e. The van der Waals surface area contributed by atoms with Gasteiger partial charge in [0.2, 0.25) is 0 Å². The average molecular weight is 578 g/mol. The molecule has 3 saturated carbocycles. The van der Waals surface area contributed by atoms with Gasteiger partial charge in [0, 0.05) is 35.6 Å². The van der Waals surface area contributed by atoms with E-state index in [2.05, 4.69) is 19.2 Å². The molecular formula is C31H44ClNO7. The Kier molecular flexibility index (Phi) is 6.98. The lowest BCUT2D eigenvalue weighted by atomic mass is 9.45. The summed E-state index contributed by atoms with van der Waals surface area (Å²) >= 11 is 7.65. The van der Waals surface area contributed by atoms with Crippen LogP contribution in [0.25, 0.3) is 0 Å². The number of ketones is 1. The average Bonchev–Trinajstić information content (AvgIpc) is 3.30. The minimum Gasteiger partial charge on any atom is -0.461 e. The molecule has 3 unspecified atom stereocenters. The second-order valence-corrected chi connectivity index (χ2v) is 14.5. The van der Waals surface area contributed by atoms with E-state index >= 15 is 0 Å². The normalized spacial score (nSPS) is 47.1. The second-order valence-electron chi connectivity index (χ2n) is 13.9. The van der Waals surface area contributed by atoms with E-state index in [1.807, 2.05) is 26.8 Å². The molecule has 40 heavy (non-hydrogen) atoms. The molecule has 4 fully saturated rings. The van der Waals surface area contributed by atoms with Crippen molar-refractivity contribution in [3.63, 3.8) is 0 Å². The summed E-state index contributed by atoms with van der Waals surface area (Å²) in [4.78, 5) is 36.6. The molecule has 8 nitrogen and oxygen atoms in total. The highest BCUT2D eigenvalue weighted by Crippen LogP contribution is 2.73. The van der Waals surface area contributed by atoms with E-state index in [-0.39, 0.29) is 49.0 Å². The zero-order valence-corrected chi connectivity index (χ0v) is 25.5. The van der Waals surface area contributed by atoms with Gasteiger partial charge < -0.3 is 19.3 Å². The van der Waals surface area contributed by atoms with Gasteiger partial charge in [0.25, 0.3) is 0 Å². The quantitative estimate of drug-likeness (QED) is 0.369. The van der Waals surface area contributed by atoms with Gasteiger partial charge in [-0.25, -0.2) is 0 Å². The van der Waals surface area contributed by atoms with Gasteiger partial charge in [0.1, 0.15) is 6.61 Å². The summed E-state index contributed by atoms with van der Waals surface area (Å²) in [7, 11) is 0. The first-order valence-corrected chi connectivity index (χ1v) is 15.0. The Balaban J connectivity index is 1.67. The molecule has 9 heteroatoms. The van der Waals surface area contributed by atoms with Gasteiger partial charge in [-0.3, -0.25) is 19.7 Å². The van der Waals surface area contributed by atoms with Crippen LogP contribution in [0, 0.1) is 28.6 Å². The van der Waals surface area contributed by atoms with Crippen molar-refractivity contribution in [3.8, 4) is 0 Å². The smallest absolute Gasteiger partial charge is 0.305 e. The Bertz CT molecular complexity index is 1180. The summed E-state index contributed by atoms with van der Waals surface area (Å²) in [5.41, 5.74) is -3.60. The van der Waals surface area contributed by atoms with Crippen LogP contribution in [0.5, 0.6) is 0 Å². The number of esters is 2. The molecule has 5 aliphatic rings. The predicted octanol–water partition coefficient (Wildman–Crippen LogP) is 4.22. The first-order chi connectivity index (χ1) is 18.5. The lowest BCUT2D eigenvalue weighted by Crippen LogP contribution is -2.77. The van der Waals surface area contributed by atoms with E-state index in [0.29, 0.717) is 25.9 Å². The number of hydrogen-bond donors (Lipinski definition) is 2. The number of ether oxygens (including phenoxy) is 3. The van der Waals surface area contributed by atoms with Gasteiger partial charge >= 0.3 is 11.9 Å². The highest BCUT2D eigenvalue weighted by Gasteiger charge is 2.80. The summed E-state index contributed by atoms with van der Waals surface area (Å²) in [5.74, 6) is -1.28. The number of hydrogen-bond acceptors (Lipinski definition) is 8. The molecular weight excluding hydrogens is 534 g/mol. The van der Waals surface area contributed by atoms with E-state index in [1.54, 1.807) is 19.1 Å². The summed E-state index contributed by atoms with van der Waals surface area (Å²) in [5, 5.41) is 15.7. The van der Waals surface area contributed by atoms with Crippen LogP contribution in [0.15, 0.2) is 23.8 Å². The van der Waals surface area contributed by atoms with Crippen LogP contribution < -0.4 is 5.32 Å². The number of halogens is 1. The summed E-state index contributed by atoms with van der Waals surface area (Å²) in [6, 6.07) is 0. The van der Waals surface area contributed by atoms with Gasteiger partial charge in [-0.2, -0.15) is 0 Å². The summed E-state index contributed by atoms with van der Waals surface area (Å²) < 4.78 is 18.9. The van der Waals surface area contributed by atoms with Crippen LogP contribution in [-0.2, 0) is 28.6 Å². The molecule has 4 aliphatic carbocycles. The van der Waals surface area contributed by atoms with Crippen LogP contribution in [0.3, 0.4) is 0 Å². The van der Waals surface area contributed by atoms with Gasteiger partial charge in [0.05, 0.1) is 17.6 Å². The van der Waals surface area contributed by atoms with E-state index in [9.17, 15) is 19.5 Å². The maximum Gasteiger partial charge on any atom is 0.305 e. The molecule has 1 heterocycles. The lowest BCUT2D eigenvalue weighted by molar-refractivity contribution is -0.276. The van der Waals surface area contributed by atoms with Crippen molar-refractivity contribution in [2.24, 2.45) is 28.6 Å². The Labute approximate surface area is 242 Å². The van der Waals surface area contributed by atoms with Crippen molar-refractivity contribution >= 4 is 29.3 Å².